The standard InChI is InChI=1S/C26H28BNO2/c1-25(2)24(29)23(27(30)26(25,3)4)18-11-13-22-20(15-18)19-14-17(10-12-21(19)28-22)16-8-6-5-7-9-16/h5-15,23-24,28-30H,1-4H3. The minimum absolute atomic E-state index is 0.304. The zero-order valence-corrected chi connectivity index (χ0v) is 18.0. The maximum Gasteiger partial charge on any atom is 0.305 e. The van der Waals surface area contributed by atoms with Crippen LogP contribution in [0.5, 0.6) is 0 Å². The molecule has 2 atom stereocenters. The van der Waals surface area contributed by atoms with Crippen LogP contribution in [0.2, 0.25) is 5.31 Å². The van der Waals surface area contributed by atoms with E-state index in [0.717, 1.165) is 27.4 Å². The lowest BCUT2D eigenvalue weighted by Gasteiger charge is -2.37. The van der Waals surface area contributed by atoms with Gasteiger partial charge in [-0.25, -0.2) is 0 Å². The molecule has 30 heavy (non-hydrogen) atoms. The Bertz CT molecular complexity index is 1220. The van der Waals surface area contributed by atoms with Crippen molar-refractivity contribution in [2.75, 3.05) is 0 Å². The summed E-state index contributed by atoms with van der Waals surface area (Å²) in [6, 6.07) is 23.1. The predicted octanol–water partition coefficient (Wildman–Crippen LogP) is 5.78. The van der Waals surface area contributed by atoms with Gasteiger partial charge in [-0.15, -0.1) is 0 Å². The minimum Gasteiger partial charge on any atom is -0.449 e. The van der Waals surface area contributed by atoms with Crippen LogP contribution in [0.1, 0.15) is 39.1 Å². The minimum atomic E-state index is -0.606. The number of fused-ring (bicyclic) bond motifs is 3. The van der Waals surface area contributed by atoms with Crippen molar-refractivity contribution in [3.63, 3.8) is 0 Å². The Morgan fingerprint density at radius 1 is 0.800 bits per heavy atom. The maximum atomic E-state index is 11.1. The van der Waals surface area contributed by atoms with E-state index < -0.39 is 13.0 Å². The highest BCUT2D eigenvalue weighted by molar-refractivity contribution is 6.57. The molecule has 4 aromatic rings. The second-order valence-electron chi connectivity index (χ2n) is 9.92. The zero-order valence-electron chi connectivity index (χ0n) is 18.0. The van der Waals surface area contributed by atoms with E-state index in [1.807, 2.05) is 12.1 Å². The molecule has 1 saturated heterocycles. The molecule has 2 heterocycles. The van der Waals surface area contributed by atoms with Crippen LogP contribution in [0.15, 0.2) is 66.7 Å². The summed E-state index contributed by atoms with van der Waals surface area (Å²) in [6.07, 6.45) is -0.606. The third kappa shape index (κ3) is 2.60. The molecule has 152 valence electrons. The van der Waals surface area contributed by atoms with Crippen molar-refractivity contribution in [1.82, 2.24) is 4.98 Å². The van der Waals surface area contributed by atoms with Crippen LogP contribution in [0.25, 0.3) is 32.9 Å². The second kappa shape index (κ2) is 6.47. The highest BCUT2D eigenvalue weighted by atomic mass is 16.3. The monoisotopic (exact) mass is 397 g/mol. The average Bonchev–Trinajstić information content (AvgIpc) is 3.16. The molecule has 0 bridgehead atoms. The molecule has 0 radical (unpaired) electrons. The summed E-state index contributed by atoms with van der Waals surface area (Å²) < 4.78 is 0. The van der Waals surface area contributed by atoms with Crippen LogP contribution in [0.3, 0.4) is 0 Å². The van der Waals surface area contributed by atoms with Gasteiger partial charge in [0.1, 0.15) is 0 Å². The first-order chi connectivity index (χ1) is 14.2. The van der Waals surface area contributed by atoms with Crippen LogP contribution in [-0.4, -0.2) is 28.1 Å². The number of benzene rings is 3. The Balaban J connectivity index is 1.66. The molecule has 1 fully saturated rings. The first kappa shape index (κ1) is 19.4. The van der Waals surface area contributed by atoms with E-state index in [-0.39, 0.29) is 16.5 Å². The van der Waals surface area contributed by atoms with E-state index in [4.69, 9.17) is 0 Å². The van der Waals surface area contributed by atoms with E-state index in [0.29, 0.717) is 0 Å². The highest BCUT2D eigenvalue weighted by Gasteiger charge is 2.62. The van der Waals surface area contributed by atoms with Crippen molar-refractivity contribution in [2.24, 2.45) is 5.41 Å². The number of aromatic nitrogens is 1. The van der Waals surface area contributed by atoms with Gasteiger partial charge in [-0.1, -0.05) is 70.2 Å². The second-order valence-corrected chi connectivity index (χ2v) is 9.92. The van der Waals surface area contributed by atoms with Crippen LogP contribution >= 0.6 is 0 Å². The summed E-state index contributed by atoms with van der Waals surface area (Å²) >= 11 is 0. The maximum absolute atomic E-state index is 11.1. The number of aliphatic hydroxyl groups excluding tert-OH is 1. The SMILES string of the molecule is CC1(C)B(O)C(c2ccc3[nH]c4ccc(-c5ccccc5)cc4c3c2)C(O)C1(C)C. The molecule has 3 aromatic carbocycles. The first-order valence-corrected chi connectivity index (χ1v) is 10.7. The molecule has 3 N–H and O–H groups in total. The summed E-state index contributed by atoms with van der Waals surface area (Å²) in [5.74, 6) is -0.304. The van der Waals surface area contributed by atoms with Gasteiger partial charge in [-0.05, 0) is 51.7 Å². The van der Waals surface area contributed by atoms with Gasteiger partial charge in [0.25, 0.3) is 0 Å². The van der Waals surface area contributed by atoms with Crippen molar-refractivity contribution < 1.29 is 10.1 Å². The summed E-state index contributed by atoms with van der Waals surface area (Å²) in [4.78, 5) is 3.50. The fraction of sp³-hybridized carbons (Fsp3) is 0.308. The number of aromatic amines is 1. The predicted molar refractivity (Wildman–Crippen MR) is 126 cm³/mol. The van der Waals surface area contributed by atoms with Crippen LogP contribution in [0, 0.1) is 5.41 Å². The van der Waals surface area contributed by atoms with E-state index in [1.54, 1.807) is 0 Å². The van der Waals surface area contributed by atoms with Gasteiger partial charge in [-0.2, -0.15) is 0 Å². The van der Waals surface area contributed by atoms with Gasteiger partial charge < -0.3 is 15.1 Å². The van der Waals surface area contributed by atoms with Gasteiger partial charge >= 0.3 is 6.92 Å². The lowest BCUT2D eigenvalue weighted by atomic mass is 9.41. The molecule has 1 aromatic heterocycles. The number of hydrogen-bond acceptors (Lipinski definition) is 2. The molecule has 3 nitrogen and oxygen atoms in total. The summed E-state index contributed by atoms with van der Waals surface area (Å²) in [6.45, 7) is 7.60. The molecule has 1 aliphatic rings. The number of H-pyrrole nitrogens is 1. The molecule has 5 rings (SSSR count). The Hall–Kier alpha value is -2.56. The van der Waals surface area contributed by atoms with Crippen molar-refractivity contribution in [3.05, 3.63) is 72.3 Å². The number of nitrogens with one attached hydrogen (secondary N) is 1. The average molecular weight is 397 g/mol. The Labute approximate surface area is 177 Å². The summed E-state index contributed by atoms with van der Waals surface area (Å²) in [5.41, 5.74) is 5.14. The molecule has 0 amide bonds. The summed E-state index contributed by atoms with van der Waals surface area (Å²) in [7, 11) is 0. The molecule has 0 spiro atoms. The van der Waals surface area contributed by atoms with Gasteiger partial charge in [0.2, 0.25) is 0 Å². The smallest absolute Gasteiger partial charge is 0.305 e. The van der Waals surface area contributed by atoms with Gasteiger partial charge in [-0.3, -0.25) is 0 Å². The first-order valence-electron chi connectivity index (χ1n) is 10.7. The van der Waals surface area contributed by atoms with Crippen molar-refractivity contribution in [2.45, 2.75) is 44.9 Å². The molecule has 0 aliphatic carbocycles. The normalized spacial score (nSPS) is 22.8. The topological polar surface area (TPSA) is 56.2 Å². The Morgan fingerprint density at radius 3 is 2.07 bits per heavy atom. The number of hydrogen-bond donors (Lipinski definition) is 3. The Morgan fingerprint density at radius 2 is 1.43 bits per heavy atom. The van der Waals surface area contributed by atoms with Gasteiger partial charge in [0, 0.05) is 27.6 Å². The van der Waals surface area contributed by atoms with Crippen molar-refractivity contribution in [3.8, 4) is 11.1 Å². The fourth-order valence-corrected chi connectivity index (χ4v) is 5.13. The zero-order chi connectivity index (χ0) is 21.3. The molecular weight excluding hydrogens is 369 g/mol. The lowest BCUT2D eigenvalue weighted by Crippen LogP contribution is -2.34. The van der Waals surface area contributed by atoms with E-state index in [1.165, 1.54) is 11.1 Å². The van der Waals surface area contributed by atoms with E-state index in [9.17, 15) is 10.1 Å². The third-order valence-electron chi connectivity index (χ3n) is 7.93. The number of aliphatic hydroxyl groups is 1. The largest absolute Gasteiger partial charge is 0.449 e. The third-order valence-corrected chi connectivity index (χ3v) is 7.93. The highest BCUT2D eigenvalue weighted by Crippen LogP contribution is 2.60. The Kier molecular flexibility index (Phi) is 4.19. The molecule has 4 heteroatoms. The lowest BCUT2D eigenvalue weighted by molar-refractivity contribution is 0.0406. The fourth-order valence-electron chi connectivity index (χ4n) is 5.13. The number of rotatable bonds is 2. The van der Waals surface area contributed by atoms with Gasteiger partial charge in [0.05, 0.1) is 6.10 Å². The van der Waals surface area contributed by atoms with Crippen molar-refractivity contribution >= 4 is 28.7 Å². The van der Waals surface area contributed by atoms with Crippen LogP contribution < -0.4 is 0 Å². The van der Waals surface area contributed by atoms with E-state index in [2.05, 4.69) is 87.3 Å². The molecule has 1 aliphatic heterocycles. The van der Waals surface area contributed by atoms with Crippen molar-refractivity contribution in [1.29, 1.82) is 0 Å². The quantitative estimate of drug-likeness (QED) is 0.376. The molecule has 2 unspecified atom stereocenters. The van der Waals surface area contributed by atoms with Crippen LogP contribution in [-0.2, 0) is 0 Å². The summed E-state index contributed by atoms with van der Waals surface area (Å²) in [5, 5.41) is 24.2. The van der Waals surface area contributed by atoms with Gasteiger partial charge in [0.15, 0.2) is 0 Å². The van der Waals surface area contributed by atoms with E-state index >= 15 is 0 Å². The molecular formula is C26H28BNO2. The molecule has 0 saturated carbocycles. The van der Waals surface area contributed by atoms with Crippen LogP contribution in [0.4, 0.5) is 0 Å².